The summed E-state index contributed by atoms with van der Waals surface area (Å²) in [6, 6.07) is 2.94. The minimum absolute atomic E-state index is 0.103. The predicted octanol–water partition coefficient (Wildman–Crippen LogP) is 1.16. The van der Waals surface area contributed by atoms with Crippen LogP contribution in [0.1, 0.15) is 24.4 Å². The molecule has 0 bridgehead atoms. The lowest BCUT2D eigenvalue weighted by molar-refractivity contribution is -0.123. The number of piperidine rings is 1. The van der Waals surface area contributed by atoms with Crippen molar-refractivity contribution in [3.63, 3.8) is 0 Å². The summed E-state index contributed by atoms with van der Waals surface area (Å²) < 4.78 is 27.3. The van der Waals surface area contributed by atoms with Gasteiger partial charge in [-0.2, -0.15) is 0 Å². The molecule has 2 rings (SSSR count). The summed E-state index contributed by atoms with van der Waals surface area (Å²) >= 11 is 0. The molecule has 0 saturated carbocycles. The Kier molecular flexibility index (Phi) is 4.67. The van der Waals surface area contributed by atoms with Crippen LogP contribution in [0.3, 0.4) is 0 Å². The first-order chi connectivity index (χ1) is 9.49. The van der Waals surface area contributed by atoms with Crippen molar-refractivity contribution < 1.29 is 13.6 Å². The number of carbonyl (C=O) groups excluding carboxylic acids is 1. The van der Waals surface area contributed by atoms with Gasteiger partial charge < -0.3 is 16.4 Å². The molecule has 0 aromatic heterocycles. The van der Waals surface area contributed by atoms with Crippen LogP contribution in [0, 0.1) is 17.6 Å². The fourth-order valence-electron chi connectivity index (χ4n) is 2.69. The second kappa shape index (κ2) is 6.28. The number of benzene rings is 1. The zero-order valence-electron chi connectivity index (χ0n) is 11.2. The van der Waals surface area contributed by atoms with Crippen molar-refractivity contribution in [3.8, 4) is 0 Å². The number of primary amides is 1. The smallest absolute Gasteiger partial charge is 0.221 e. The highest BCUT2D eigenvalue weighted by molar-refractivity contribution is 5.76. The van der Waals surface area contributed by atoms with Crippen molar-refractivity contribution in [2.24, 2.45) is 17.4 Å². The van der Waals surface area contributed by atoms with Crippen LogP contribution in [-0.2, 0) is 4.79 Å². The fraction of sp³-hybridized carbons (Fsp3) is 0.500. The normalized spacial score (nSPS) is 21.6. The molecule has 1 heterocycles. The molecule has 0 spiro atoms. The molecule has 0 radical (unpaired) electrons. The minimum atomic E-state index is -0.761. The lowest BCUT2D eigenvalue weighted by atomic mass is 9.96. The van der Waals surface area contributed by atoms with Gasteiger partial charge in [-0.3, -0.25) is 4.79 Å². The Hall–Kier alpha value is -1.53. The highest BCUT2D eigenvalue weighted by atomic mass is 19.1. The fourth-order valence-corrected chi connectivity index (χ4v) is 2.69. The van der Waals surface area contributed by atoms with Gasteiger partial charge in [0.15, 0.2) is 0 Å². The van der Waals surface area contributed by atoms with E-state index in [0.29, 0.717) is 13.1 Å². The highest BCUT2D eigenvalue weighted by Gasteiger charge is 2.26. The Morgan fingerprint density at radius 1 is 1.40 bits per heavy atom. The number of halogens is 2. The van der Waals surface area contributed by atoms with Gasteiger partial charge in [0.05, 0.1) is 5.92 Å². The Morgan fingerprint density at radius 3 is 2.65 bits per heavy atom. The third kappa shape index (κ3) is 3.32. The Bertz CT molecular complexity index is 475. The van der Waals surface area contributed by atoms with Crippen LogP contribution < -0.4 is 11.5 Å². The summed E-state index contributed by atoms with van der Waals surface area (Å²) in [7, 11) is 0. The van der Waals surface area contributed by atoms with E-state index in [1.807, 2.05) is 4.90 Å². The van der Waals surface area contributed by atoms with Crippen LogP contribution in [0.15, 0.2) is 18.2 Å². The van der Waals surface area contributed by atoms with Gasteiger partial charge in [-0.25, -0.2) is 8.78 Å². The number of hydrogen-bond donors (Lipinski definition) is 2. The molecule has 1 aliphatic heterocycles. The zero-order valence-corrected chi connectivity index (χ0v) is 11.2. The van der Waals surface area contributed by atoms with Crippen molar-refractivity contribution >= 4 is 5.91 Å². The lowest BCUT2D eigenvalue weighted by Gasteiger charge is -2.33. The maximum Gasteiger partial charge on any atom is 0.221 e. The molecule has 4 nitrogen and oxygen atoms in total. The molecule has 1 amide bonds. The molecular formula is C14H19F2N3O. The summed E-state index contributed by atoms with van der Waals surface area (Å²) in [4.78, 5) is 13.1. The molecule has 0 aliphatic carbocycles. The average Bonchev–Trinajstić information content (AvgIpc) is 2.38. The maximum atomic E-state index is 13.6. The molecule has 1 aliphatic rings. The van der Waals surface area contributed by atoms with Gasteiger partial charge in [-0.05, 0) is 31.5 Å². The second-order valence-corrected chi connectivity index (χ2v) is 5.24. The SMILES string of the molecule is NC(=O)C1CCCN(CC(N)c2c(F)cccc2F)C1. The number of carbonyl (C=O) groups is 1. The quantitative estimate of drug-likeness (QED) is 0.871. The largest absolute Gasteiger partial charge is 0.369 e. The molecule has 1 saturated heterocycles. The van der Waals surface area contributed by atoms with E-state index >= 15 is 0 Å². The number of nitrogens with zero attached hydrogens (tertiary/aromatic N) is 1. The lowest BCUT2D eigenvalue weighted by Crippen LogP contribution is -2.44. The van der Waals surface area contributed by atoms with E-state index in [9.17, 15) is 13.6 Å². The molecule has 2 unspecified atom stereocenters. The first-order valence-corrected chi connectivity index (χ1v) is 6.70. The van der Waals surface area contributed by atoms with E-state index in [2.05, 4.69) is 0 Å². The molecule has 20 heavy (non-hydrogen) atoms. The van der Waals surface area contributed by atoms with Crippen molar-refractivity contribution in [2.45, 2.75) is 18.9 Å². The van der Waals surface area contributed by atoms with E-state index in [0.717, 1.165) is 19.4 Å². The van der Waals surface area contributed by atoms with Gasteiger partial charge in [0.25, 0.3) is 0 Å². The van der Waals surface area contributed by atoms with Crippen LogP contribution in [0.25, 0.3) is 0 Å². The van der Waals surface area contributed by atoms with Crippen LogP contribution >= 0.6 is 0 Å². The number of hydrogen-bond acceptors (Lipinski definition) is 3. The Morgan fingerprint density at radius 2 is 2.05 bits per heavy atom. The average molecular weight is 283 g/mol. The van der Waals surface area contributed by atoms with Crippen LogP contribution in [0.4, 0.5) is 8.78 Å². The maximum absolute atomic E-state index is 13.6. The summed E-state index contributed by atoms with van der Waals surface area (Å²) in [6.07, 6.45) is 1.59. The van der Waals surface area contributed by atoms with Crippen molar-refractivity contribution in [1.82, 2.24) is 4.90 Å². The van der Waals surface area contributed by atoms with E-state index in [-0.39, 0.29) is 17.4 Å². The van der Waals surface area contributed by atoms with Crippen molar-refractivity contribution in [3.05, 3.63) is 35.4 Å². The number of rotatable bonds is 4. The molecule has 4 N–H and O–H groups in total. The molecule has 1 aromatic carbocycles. The monoisotopic (exact) mass is 283 g/mol. The third-order valence-electron chi connectivity index (χ3n) is 3.73. The molecule has 1 fully saturated rings. The van der Waals surface area contributed by atoms with Gasteiger partial charge in [-0.15, -0.1) is 0 Å². The van der Waals surface area contributed by atoms with E-state index in [1.54, 1.807) is 0 Å². The molecule has 6 heteroatoms. The van der Waals surface area contributed by atoms with Gasteiger partial charge >= 0.3 is 0 Å². The van der Waals surface area contributed by atoms with Crippen LogP contribution in [0.5, 0.6) is 0 Å². The molecule has 110 valence electrons. The first kappa shape index (κ1) is 14.9. The minimum Gasteiger partial charge on any atom is -0.369 e. The zero-order chi connectivity index (χ0) is 14.7. The van der Waals surface area contributed by atoms with Crippen molar-refractivity contribution in [2.75, 3.05) is 19.6 Å². The highest BCUT2D eigenvalue weighted by Crippen LogP contribution is 2.22. The van der Waals surface area contributed by atoms with Crippen molar-refractivity contribution in [1.29, 1.82) is 0 Å². The second-order valence-electron chi connectivity index (χ2n) is 5.24. The van der Waals surface area contributed by atoms with Gasteiger partial charge in [-0.1, -0.05) is 6.07 Å². The standard InChI is InChI=1S/C14H19F2N3O/c15-10-4-1-5-11(16)13(10)12(17)8-19-6-2-3-9(7-19)14(18)20/h1,4-5,9,12H,2-3,6-8,17H2,(H2,18,20). The van der Waals surface area contributed by atoms with E-state index in [4.69, 9.17) is 11.5 Å². The van der Waals surface area contributed by atoms with Crippen LogP contribution in [0.2, 0.25) is 0 Å². The predicted molar refractivity (Wildman–Crippen MR) is 71.6 cm³/mol. The van der Waals surface area contributed by atoms with Gasteiger partial charge in [0.1, 0.15) is 11.6 Å². The Labute approximate surface area is 116 Å². The first-order valence-electron chi connectivity index (χ1n) is 6.70. The summed E-state index contributed by atoms with van der Waals surface area (Å²) in [5.74, 6) is -1.82. The number of likely N-dealkylation sites (tertiary alicyclic amines) is 1. The van der Waals surface area contributed by atoms with Gasteiger partial charge in [0, 0.05) is 24.7 Å². The van der Waals surface area contributed by atoms with E-state index in [1.165, 1.54) is 18.2 Å². The molecule has 1 aromatic rings. The third-order valence-corrected chi connectivity index (χ3v) is 3.73. The van der Waals surface area contributed by atoms with E-state index < -0.39 is 17.7 Å². The Balaban J connectivity index is 2.04. The van der Waals surface area contributed by atoms with Crippen LogP contribution in [-0.4, -0.2) is 30.4 Å². The summed E-state index contributed by atoms with van der Waals surface area (Å²) in [5, 5.41) is 0. The topological polar surface area (TPSA) is 72.4 Å². The summed E-state index contributed by atoms with van der Waals surface area (Å²) in [6.45, 7) is 1.56. The number of nitrogens with two attached hydrogens (primary N) is 2. The number of amides is 1. The summed E-state index contributed by atoms with van der Waals surface area (Å²) in [5.41, 5.74) is 11.1. The van der Waals surface area contributed by atoms with Gasteiger partial charge in [0.2, 0.25) is 5.91 Å². The molecule has 2 atom stereocenters. The molecular weight excluding hydrogens is 264 g/mol.